The van der Waals surface area contributed by atoms with E-state index in [9.17, 15) is 14.0 Å². The Bertz CT molecular complexity index is 499. The number of hydrogen-bond acceptors (Lipinski definition) is 2. The van der Waals surface area contributed by atoms with Gasteiger partial charge in [0, 0.05) is 12.1 Å². The Labute approximate surface area is 96.1 Å². The monoisotopic (exact) mass is 239 g/mol. The topological polar surface area (TPSA) is 37.4 Å². The molecular weight excluding hydrogens is 233 g/mol. The Kier molecular flexibility index (Phi) is 2.75. The van der Waals surface area contributed by atoms with Crippen LogP contribution in [0.25, 0.3) is 0 Å². The Hall–Kier alpha value is -1.68. The standard InChI is InChI=1S/C11H7ClFNO2/c12-5-2-6-14-9-7(10(15)11(14)16)3-1-4-8(9)13/h1-5H,6H2/b5-2+. The van der Waals surface area contributed by atoms with E-state index >= 15 is 0 Å². The van der Waals surface area contributed by atoms with Crippen molar-refractivity contribution in [1.82, 2.24) is 0 Å². The van der Waals surface area contributed by atoms with E-state index in [2.05, 4.69) is 0 Å². The number of carbonyl (C=O) groups excluding carboxylic acids is 2. The van der Waals surface area contributed by atoms with E-state index < -0.39 is 17.5 Å². The molecule has 2 rings (SSSR count). The van der Waals surface area contributed by atoms with E-state index in [1.807, 2.05) is 0 Å². The van der Waals surface area contributed by atoms with Crippen molar-refractivity contribution in [3.63, 3.8) is 0 Å². The molecule has 1 heterocycles. The largest absolute Gasteiger partial charge is 0.299 e. The number of para-hydroxylation sites is 1. The second-order valence-corrected chi connectivity index (χ2v) is 3.49. The lowest BCUT2D eigenvalue weighted by molar-refractivity contribution is -0.114. The van der Waals surface area contributed by atoms with Crippen LogP contribution in [0.4, 0.5) is 10.1 Å². The van der Waals surface area contributed by atoms with Crippen molar-refractivity contribution in [3.05, 3.63) is 41.2 Å². The van der Waals surface area contributed by atoms with Crippen molar-refractivity contribution < 1.29 is 14.0 Å². The summed E-state index contributed by atoms with van der Waals surface area (Å²) in [6.07, 6.45) is 1.47. The van der Waals surface area contributed by atoms with Crippen LogP contribution in [0.15, 0.2) is 29.8 Å². The maximum absolute atomic E-state index is 13.5. The number of benzene rings is 1. The molecule has 1 amide bonds. The zero-order chi connectivity index (χ0) is 11.7. The lowest BCUT2D eigenvalue weighted by Crippen LogP contribution is -2.30. The third-order valence-electron chi connectivity index (χ3n) is 2.32. The highest BCUT2D eigenvalue weighted by molar-refractivity contribution is 6.52. The van der Waals surface area contributed by atoms with Gasteiger partial charge in [0.15, 0.2) is 0 Å². The molecule has 0 saturated carbocycles. The van der Waals surface area contributed by atoms with Crippen molar-refractivity contribution >= 4 is 29.0 Å². The number of ketones is 1. The summed E-state index contributed by atoms with van der Waals surface area (Å²) >= 11 is 5.33. The smallest absolute Gasteiger partial charge is 0.298 e. The number of amides is 1. The molecule has 1 aromatic carbocycles. The van der Waals surface area contributed by atoms with Crippen molar-refractivity contribution in [2.45, 2.75) is 0 Å². The fourth-order valence-corrected chi connectivity index (χ4v) is 1.71. The normalized spacial score (nSPS) is 15.0. The molecule has 1 aliphatic rings. The van der Waals surface area contributed by atoms with E-state index in [0.29, 0.717) is 0 Å². The minimum Gasteiger partial charge on any atom is -0.298 e. The maximum Gasteiger partial charge on any atom is 0.299 e. The van der Waals surface area contributed by atoms with Gasteiger partial charge in [-0.25, -0.2) is 4.39 Å². The molecule has 0 aliphatic carbocycles. The summed E-state index contributed by atoms with van der Waals surface area (Å²) in [5.41, 5.74) is 1.36. The van der Waals surface area contributed by atoms with Gasteiger partial charge < -0.3 is 0 Å². The van der Waals surface area contributed by atoms with Gasteiger partial charge in [-0.1, -0.05) is 23.7 Å². The Balaban J connectivity index is 2.51. The molecule has 0 spiro atoms. The zero-order valence-electron chi connectivity index (χ0n) is 8.11. The molecule has 0 aromatic heterocycles. The highest BCUT2D eigenvalue weighted by Gasteiger charge is 2.37. The predicted molar refractivity (Wildman–Crippen MR) is 58.1 cm³/mol. The van der Waals surface area contributed by atoms with E-state index in [4.69, 9.17) is 11.6 Å². The Morgan fingerprint density at radius 1 is 1.38 bits per heavy atom. The average Bonchev–Trinajstić information content (AvgIpc) is 2.52. The van der Waals surface area contributed by atoms with Crippen LogP contribution in [0.3, 0.4) is 0 Å². The number of rotatable bonds is 2. The summed E-state index contributed by atoms with van der Waals surface area (Å²) in [6.45, 7) is 0.0853. The number of Topliss-reactive ketones (excluding diaryl/α,β-unsaturated/α-hetero) is 1. The first-order chi connectivity index (χ1) is 7.66. The highest BCUT2D eigenvalue weighted by Crippen LogP contribution is 2.31. The molecule has 0 fully saturated rings. The Morgan fingerprint density at radius 2 is 2.12 bits per heavy atom. The van der Waals surface area contributed by atoms with Crippen LogP contribution in [0.2, 0.25) is 0 Å². The van der Waals surface area contributed by atoms with Crippen LogP contribution >= 0.6 is 11.6 Å². The van der Waals surface area contributed by atoms with Gasteiger partial charge in [0.25, 0.3) is 11.7 Å². The van der Waals surface area contributed by atoms with Gasteiger partial charge in [-0.3, -0.25) is 14.5 Å². The van der Waals surface area contributed by atoms with E-state index in [1.54, 1.807) is 0 Å². The fourth-order valence-electron chi connectivity index (χ4n) is 1.63. The number of hydrogen-bond donors (Lipinski definition) is 0. The van der Waals surface area contributed by atoms with Gasteiger partial charge in [0.1, 0.15) is 5.82 Å². The van der Waals surface area contributed by atoms with E-state index in [1.165, 1.54) is 29.8 Å². The third kappa shape index (κ3) is 1.51. The summed E-state index contributed by atoms with van der Waals surface area (Å²) in [6, 6.07) is 4.05. The van der Waals surface area contributed by atoms with Gasteiger partial charge in [0.2, 0.25) is 0 Å². The van der Waals surface area contributed by atoms with Gasteiger partial charge in [0.05, 0.1) is 11.3 Å². The fraction of sp³-hybridized carbons (Fsp3) is 0.0909. The van der Waals surface area contributed by atoms with Crippen LogP contribution in [0.5, 0.6) is 0 Å². The molecule has 0 atom stereocenters. The third-order valence-corrected chi connectivity index (χ3v) is 2.50. The highest BCUT2D eigenvalue weighted by atomic mass is 35.5. The molecule has 82 valence electrons. The van der Waals surface area contributed by atoms with Crippen molar-refractivity contribution in [3.8, 4) is 0 Å². The number of nitrogens with zero attached hydrogens (tertiary/aromatic N) is 1. The van der Waals surface area contributed by atoms with Crippen molar-refractivity contribution in [2.24, 2.45) is 0 Å². The molecule has 0 bridgehead atoms. The van der Waals surface area contributed by atoms with Crippen LogP contribution in [-0.4, -0.2) is 18.2 Å². The second-order valence-electron chi connectivity index (χ2n) is 3.24. The lowest BCUT2D eigenvalue weighted by atomic mass is 10.1. The van der Waals surface area contributed by atoms with E-state index in [0.717, 1.165) is 4.90 Å². The molecule has 0 saturated heterocycles. The van der Waals surface area contributed by atoms with Crippen LogP contribution in [-0.2, 0) is 4.79 Å². The average molecular weight is 240 g/mol. The summed E-state index contributed by atoms with van der Waals surface area (Å²) < 4.78 is 13.5. The summed E-state index contributed by atoms with van der Waals surface area (Å²) in [4.78, 5) is 24.1. The molecule has 5 heteroatoms. The van der Waals surface area contributed by atoms with Crippen LogP contribution in [0, 0.1) is 5.82 Å². The second kappa shape index (κ2) is 4.06. The van der Waals surface area contributed by atoms with E-state index in [-0.39, 0.29) is 17.8 Å². The van der Waals surface area contributed by atoms with Gasteiger partial charge in [-0.05, 0) is 12.1 Å². The summed E-state index contributed by atoms with van der Waals surface area (Å²) in [7, 11) is 0. The molecule has 16 heavy (non-hydrogen) atoms. The zero-order valence-corrected chi connectivity index (χ0v) is 8.87. The maximum atomic E-state index is 13.5. The van der Waals surface area contributed by atoms with Gasteiger partial charge >= 0.3 is 0 Å². The molecule has 1 aromatic rings. The molecule has 0 unspecified atom stereocenters. The molecule has 0 radical (unpaired) electrons. The number of halogens is 2. The predicted octanol–water partition coefficient (Wildman–Crippen LogP) is 2.11. The number of fused-ring (bicyclic) bond motifs is 1. The van der Waals surface area contributed by atoms with Crippen molar-refractivity contribution in [2.75, 3.05) is 11.4 Å². The van der Waals surface area contributed by atoms with Gasteiger partial charge in [-0.15, -0.1) is 0 Å². The SMILES string of the molecule is O=C1C(=O)N(C/C=C/Cl)c2c(F)cccc21. The van der Waals surface area contributed by atoms with Crippen molar-refractivity contribution in [1.29, 1.82) is 0 Å². The lowest BCUT2D eigenvalue weighted by Gasteiger charge is -2.14. The van der Waals surface area contributed by atoms with Crippen LogP contribution in [0.1, 0.15) is 10.4 Å². The summed E-state index contributed by atoms with van der Waals surface area (Å²) in [5.74, 6) is -1.99. The molecule has 1 aliphatic heterocycles. The number of anilines is 1. The molecule has 3 nitrogen and oxygen atoms in total. The molecule has 0 N–H and O–H groups in total. The quantitative estimate of drug-likeness (QED) is 0.742. The number of carbonyl (C=O) groups is 2. The minimum absolute atomic E-state index is 0.0345. The summed E-state index contributed by atoms with van der Waals surface area (Å²) in [5, 5.41) is 0. The van der Waals surface area contributed by atoms with Crippen LogP contribution < -0.4 is 4.90 Å². The first-order valence-electron chi connectivity index (χ1n) is 4.56. The first kappa shape index (κ1) is 10.8. The van der Waals surface area contributed by atoms with Gasteiger partial charge in [-0.2, -0.15) is 0 Å². The first-order valence-corrected chi connectivity index (χ1v) is 5.00. The Morgan fingerprint density at radius 3 is 2.81 bits per heavy atom. The molecular formula is C11H7ClFNO2. The minimum atomic E-state index is -0.727.